The number of carbonyl (C=O) groups is 3. The number of methoxy groups -OCH3 is 2. The quantitative estimate of drug-likeness (QED) is 0.457. The van der Waals surface area contributed by atoms with Crippen LogP contribution >= 0.6 is 0 Å². The van der Waals surface area contributed by atoms with Gasteiger partial charge in [0.1, 0.15) is 11.6 Å². The van der Waals surface area contributed by atoms with Crippen LogP contribution in [0.25, 0.3) is 5.69 Å². The molecule has 0 atom stereocenters. The molecule has 0 aliphatic carbocycles. The largest absolute Gasteiger partial charge is 0.497 e. The average Bonchev–Trinajstić information content (AvgIpc) is 3.24. The van der Waals surface area contributed by atoms with Crippen molar-refractivity contribution >= 4 is 23.6 Å². The van der Waals surface area contributed by atoms with E-state index in [9.17, 15) is 14.4 Å². The number of hydrogen-bond donors (Lipinski definition) is 1. The minimum atomic E-state index is -0.449. The Kier molecular flexibility index (Phi) is 10.3. The first-order chi connectivity index (χ1) is 16.6. The molecule has 0 radical (unpaired) electrons. The van der Waals surface area contributed by atoms with Gasteiger partial charge in [0.25, 0.3) is 0 Å². The number of amides is 2. The molecule has 1 heterocycles. The van der Waals surface area contributed by atoms with E-state index >= 15 is 0 Å². The fraction of sp³-hybridized carbons (Fsp3) is 0.520. The molecule has 0 saturated heterocycles. The topological polar surface area (TPSA) is 112 Å². The van der Waals surface area contributed by atoms with Crippen LogP contribution < -0.4 is 10.1 Å². The van der Waals surface area contributed by atoms with Crippen LogP contribution in [0.2, 0.25) is 0 Å². The second-order valence-electron chi connectivity index (χ2n) is 8.94. The minimum Gasteiger partial charge on any atom is -0.497 e. The predicted molar refractivity (Wildman–Crippen MR) is 132 cm³/mol. The van der Waals surface area contributed by atoms with Crippen molar-refractivity contribution < 1.29 is 28.6 Å². The summed E-state index contributed by atoms with van der Waals surface area (Å²) in [5, 5.41) is 7.58. The maximum Gasteiger partial charge on any atom is 0.306 e. The third-order valence-electron chi connectivity index (χ3n) is 5.16. The Labute approximate surface area is 206 Å². The van der Waals surface area contributed by atoms with E-state index in [0.29, 0.717) is 11.6 Å². The number of ether oxygens (including phenoxy) is 3. The summed E-state index contributed by atoms with van der Waals surface area (Å²) in [5.41, 5.74) is 1.30. The molecule has 0 aliphatic heterocycles. The molecule has 0 aliphatic rings. The van der Waals surface area contributed by atoms with Gasteiger partial charge in [0.05, 0.1) is 44.7 Å². The number of benzene rings is 1. The Morgan fingerprint density at radius 1 is 1.09 bits per heavy atom. The van der Waals surface area contributed by atoms with Crippen LogP contribution in [0.5, 0.6) is 5.75 Å². The first-order valence-electron chi connectivity index (χ1n) is 11.6. The normalized spacial score (nSPS) is 11.1. The molecular weight excluding hydrogens is 452 g/mol. The number of nitrogens with one attached hydrogen (secondary N) is 1. The highest BCUT2D eigenvalue weighted by Gasteiger charge is 2.23. The Hall–Kier alpha value is -3.40. The van der Waals surface area contributed by atoms with E-state index in [2.05, 4.69) is 5.32 Å². The molecule has 2 aromatic rings. The van der Waals surface area contributed by atoms with Crippen LogP contribution in [0.15, 0.2) is 30.3 Å². The molecule has 1 N–H and O–H groups in total. The van der Waals surface area contributed by atoms with Gasteiger partial charge in [0, 0.05) is 31.6 Å². The van der Waals surface area contributed by atoms with Crippen molar-refractivity contribution in [1.82, 2.24) is 14.7 Å². The lowest BCUT2D eigenvalue weighted by atomic mass is 9.92. The van der Waals surface area contributed by atoms with Gasteiger partial charge in [-0.15, -0.1) is 0 Å². The summed E-state index contributed by atoms with van der Waals surface area (Å²) >= 11 is 0. The SMILES string of the molecule is CCOC(=O)CCC(=O)N(CCOC)CC(=O)Nc1cc(C(C)(C)C)nn1-c1ccc(OC)cc1. The van der Waals surface area contributed by atoms with Gasteiger partial charge in [-0.05, 0) is 31.2 Å². The zero-order valence-corrected chi connectivity index (χ0v) is 21.4. The van der Waals surface area contributed by atoms with E-state index < -0.39 is 5.97 Å². The van der Waals surface area contributed by atoms with Crippen molar-refractivity contribution in [1.29, 1.82) is 0 Å². The van der Waals surface area contributed by atoms with E-state index in [1.807, 2.05) is 51.1 Å². The van der Waals surface area contributed by atoms with E-state index in [1.165, 1.54) is 12.0 Å². The molecule has 1 aromatic carbocycles. The number of rotatable bonds is 12. The number of esters is 1. The Morgan fingerprint density at radius 2 is 1.77 bits per heavy atom. The molecule has 10 heteroatoms. The lowest BCUT2D eigenvalue weighted by Gasteiger charge is -2.22. The van der Waals surface area contributed by atoms with Crippen molar-refractivity contribution in [2.24, 2.45) is 0 Å². The Bertz CT molecular complexity index is 994. The lowest BCUT2D eigenvalue weighted by Crippen LogP contribution is -2.40. The van der Waals surface area contributed by atoms with Crippen molar-refractivity contribution in [3.05, 3.63) is 36.0 Å². The molecule has 1 aromatic heterocycles. The smallest absolute Gasteiger partial charge is 0.306 e. The summed E-state index contributed by atoms with van der Waals surface area (Å²) in [4.78, 5) is 38.7. The molecule has 2 amide bonds. The number of hydrogen-bond acceptors (Lipinski definition) is 7. The molecular formula is C25H36N4O6. The summed E-state index contributed by atoms with van der Waals surface area (Å²) in [6.07, 6.45) is -0.0925. The van der Waals surface area contributed by atoms with Crippen molar-refractivity contribution in [3.63, 3.8) is 0 Å². The molecule has 10 nitrogen and oxygen atoms in total. The summed E-state index contributed by atoms with van der Waals surface area (Å²) in [7, 11) is 3.11. The number of anilines is 1. The van der Waals surface area contributed by atoms with Gasteiger partial charge in [-0.2, -0.15) is 5.10 Å². The highest BCUT2D eigenvalue weighted by Crippen LogP contribution is 2.27. The van der Waals surface area contributed by atoms with Gasteiger partial charge < -0.3 is 24.4 Å². The fourth-order valence-electron chi connectivity index (χ4n) is 3.21. The van der Waals surface area contributed by atoms with Crippen molar-refractivity contribution in [3.8, 4) is 11.4 Å². The van der Waals surface area contributed by atoms with Crippen LogP contribution in [0, 0.1) is 0 Å². The minimum absolute atomic E-state index is 0.0447. The molecule has 0 bridgehead atoms. The molecule has 0 spiro atoms. The van der Waals surface area contributed by atoms with Crippen LogP contribution in [0.3, 0.4) is 0 Å². The number of nitrogens with zero attached hydrogens (tertiary/aromatic N) is 3. The average molecular weight is 489 g/mol. The van der Waals surface area contributed by atoms with Crippen LogP contribution in [0.1, 0.15) is 46.2 Å². The van der Waals surface area contributed by atoms with Crippen LogP contribution in [-0.2, 0) is 29.3 Å². The number of carbonyl (C=O) groups excluding carboxylic acids is 3. The van der Waals surface area contributed by atoms with E-state index in [-0.39, 0.29) is 56.4 Å². The summed E-state index contributed by atoms with van der Waals surface area (Å²) < 4.78 is 16.8. The molecule has 0 unspecified atom stereocenters. The zero-order valence-electron chi connectivity index (χ0n) is 21.4. The highest BCUT2D eigenvalue weighted by atomic mass is 16.5. The molecule has 0 fully saturated rings. The van der Waals surface area contributed by atoms with Crippen molar-refractivity contribution in [2.45, 2.75) is 46.0 Å². The van der Waals surface area contributed by atoms with Gasteiger partial charge in [-0.25, -0.2) is 4.68 Å². The highest BCUT2D eigenvalue weighted by molar-refractivity contribution is 5.94. The molecule has 35 heavy (non-hydrogen) atoms. The molecule has 192 valence electrons. The maximum absolute atomic E-state index is 13.0. The zero-order chi connectivity index (χ0) is 26.0. The van der Waals surface area contributed by atoms with Crippen LogP contribution in [0.4, 0.5) is 5.82 Å². The maximum atomic E-state index is 13.0. The summed E-state index contributed by atoms with van der Waals surface area (Å²) in [6, 6.07) is 9.14. The van der Waals surface area contributed by atoms with Crippen molar-refractivity contribution in [2.75, 3.05) is 45.8 Å². The number of aromatic nitrogens is 2. The first kappa shape index (κ1) is 27.8. The fourth-order valence-corrected chi connectivity index (χ4v) is 3.21. The van der Waals surface area contributed by atoms with E-state index in [4.69, 9.17) is 19.3 Å². The molecule has 0 saturated carbocycles. The van der Waals surface area contributed by atoms with Gasteiger partial charge in [-0.1, -0.05) is 20.8 Å². The van der Waals surface area contributed by atoms with Gasteiger partial charge >= 0.3 is 5.97 Å². The predicted octanol–water partition coefficient (Wildman–Crippen LogP) is 2.94. The monoisotopic (exact) mass is 488 g/mol. The Morgan fingerprint density at radius 3 is 2.34 bits per heavy atom. The standard InChI is InChI=1S/C25H36N4O6/c1-7-35-24(32)13-12-23(31)28(14-15-33-5)17-22(30)26-21-16-20(25(2,3)4)27-29(21)18-8-10-19(34-6)11-9-18/h8-11,16H,7,12-15,17H2,1-6H3,(H,26,30). The summed E-state index contributed by atoms with van der Waals surface area (Å²) in [5.74, 6) is 0.0218. The van der Waals surface area contributed by atoms with Gasteiger partial charge in [0.2, 0.25) is 11.8 Å². The van der Waals surface area contributed by atoms with E-state index in [0.717, 1.165) is 11.4 Å². The second-order valence-corrected chi connectivity index (χ2v) is 8.94. The molecule has 2 rings (SSSR count). The Balaban J connectivity index is 2.20. The van der Waals surface area contributed by atoms with Gasteiger partial charge in [-0.3, -0.25) is 14.4 Å². The van der Waals surface area contributed by atoms with Gasteiger partial charge in [0.15, 0.2) is 0 Å². The van der Waals surface area contributed by atoms with E-state index in [1.54, 1.807) is 18.7 Å². The third kappa shape index (κ3) is 8.40. The second kappa shape index (κ2) is 12.9. The lowest BCUT2D eigenvalue weighted by molar-refractivity contribution is -0.146. The van der Waals surface area contributed by atoms with Crippen LogP contribution in [-0.4, -0.2) is 73.0 Å². The first-order valence-corrected chi connectivity index (χ1v) is 11.6. The summed E-state index contributed by atoms with van der Waals surface area (Å²) in [6.45, 7) is 8.35. The third-order valence-corrected chi connectivity index (χ3v) is 5.16.